The number of carboxylic acid groups (broad SMARTS) is 1. The zero-order chi connectivity index (χ0) is 15.2. The van der Waals surface area contributed by atoms with Crippen molar-refractivity contribution in [3.8, 4) is 0 Å². The summed E-state index contributed by atoms with van der Waals surface area (Å²) in [6, 6.07) is 0. The molecule has 0 radical (unpaired) electrons. The maximum Gasteiger partial charge on any atom is 0.303 e. The Morgan fingerprint density at radius 3 is 2.10 bits per heavy atom. The number of carboxylic acids is 1. The maximum atomic E-state index is 11.4. The molecule has 0 aliphatic heterocycles. The molecule has 0 rings (SSSR count). The van der Waals surface area contributed by atoms with Crippen LogP contribution in [-0.2, 0) is 14.4 Å². The molecule has 114 valence electrons. The van der Waals surface area contributed by atoms with Gasteiger partial charge in [-0.15, -0.1) is 0 Å². The average Bonchev–Trinajstić information content (AvgIpc) is 2.41. The van der Waals surface area contributed by atoms with Crippen molar-refractivity contribution >= 4 is 17.8 Å². The molecule has 2 amide bonds. The van der Waals surface area contributed by atoms with Crippen LogP contribution in [-0.4, -0.2) is 36.0 Å². The molecule has 0 saturated heterocycles. The van der Waals surface area contributed by atoms with Gasteiger partial charge < -0.3 is 15.7 Å². The maximum absolute atomic E-state index is 11.4. The van der Waals surface area contributed by atoms with E-state index in [2.05, 4.69) is 17.2 Å². The van der Waals surface area contributed by atoms with Crippen molar-refractivity contribution in [1.29, 1.82) is 0 Å². The van der Waals surface area contributed by atoms with Gasteiger partial charge in [0.25, 0.3) is 0 Å². The van der Waals surface area contributed by atoms with Crippen LogP contribution in [0.15, 0.2) is 12.7 Å². The van der Waals surface area contributed by atoms with E-state index in [9.17, 15) is 14.4 Å². The second-order valence-corrected chi connectivity index (χ2v) is 4.51. The molecule has 0 aliphatic carbocycles. The number of amides is 2. The van der Waals surface area contributed by atoms with Gasteiger partial charge in [-0.3, -0.25) is 14.4 Å². The van der Waals surface area contributed by atoms with Crippen molar-refractivity contribution in [2.24, 2.45) is 0 Å². The van der Waals surface area contributed by atoms with Gasteiger partial charge in [-0.05, 0) is 25.3 Å². The summed E-state index contributed by atoms with van der Waals surface area (Å²) >= 11 is 0. The third-order valence-corrected chi connectivity index (χ3v) is 2.70. The molecule has 0 spiro atoms. The van der Waals surface area contributed by atoms with E-state index in [0.717, 1.165) is 19.3 Å². The van der Waals surface area contributed by atoms with Crippen molar-refractivity contribution in [2.45, 2.75) is 44.9 Å². The molecule has 0 bridgehead atoms. The number of carbonyl (C=O) groups is 3. The van der Waals surface area contributed by atoms with Crippen molar-refractivity contribution in [2.75, 3.05) is 13.1 Å². The van der Waals surface area contributed by atoms with Crippen LogP contribution < -0.4 is 10.6 Å². The summed E-state index contributed by atoms with van der Waals surface area (Å²) in [6.45, 7) is 4.39. The molecule has 6 heteroatoms. The molecule has 6 nitrogen and oxygen atoms in total. The number of nitrogens with one attached hydrogen (secondary N) is 2. The Labute approximate surface area is 119 Å². The highest BCUT2D eigenvalue weighted by atomic mass is 16.4. The fraction of sp³-hybridized carbons (Fsp3) is 0.643. The second kappa shape index (κ2) is 12.2. The van der Waals surface area contributed by atoms with Gasteiger partial charge in [-0.25, -0.2) is 0 Å². The molecule has 0 aromatic carbocycles. The first-order valence-electron chi connectivity index (χ1n) is 6.95. The first-order valence-corrected chi connectivity index (χ1v) is 6.95. The van der Waals surface area contributed by atoms with E-state index in [-0.39, 0.29) is 18.2 Å². The lowest BCUT2D eigenvalue weighted by atomic mass is 10.1. The van der Waals surface area contributed by atoms with Crippen molar-refractivity contribution < 1.29 is 19.5 Å². The summed E-state index contributed by atoms with van der Waals surface area (Å²) in [4.78, 5) is 32.5. The first-order chi connectivity index (χ1) is 9.56. The van der Waals surface area contributed by atoms with E-state index in [0.29, 0.717) is 32.4 Å². The van der Waals surface area contributed by atoms with E-state index < -0.39 is 5.97 Å². The van der Waals surface area contributed by atoms with E-state index >= 15 is 0 Å². The van der Waals surface area contributed by atoms with Crippen molar-refractivity contribution in [3.05, 3.63) is 12.7 Å². The predicted molar refractivity (Wildman–Crippen MR) is 76.2 cm³/mol. The Hall–Kier alpha value is -1.85. The zero-order valence-electron chi connectivity index (χ0n) is 11.8. The van der Waals surface area contributed by atoms with Crippen LogP contribution in [0.1, 0.15) is 44.9 Å². The van der Waals surface area contributed by atoms with Gasteiger partial charge in [0.1, 0.15) is 0 Å². The van der Waals surface area contributed by atoms with Crippen LogP contribution in [0.3, 0.4) is 0 Å². The fourth-order valence-electron chi connectivity index (χ4n) is 1.60. The Kier molecular flexibility index (Phi) is 11.1. The molecule has 0 aromatic heterocycles. The van der Waals surface area contributed by atoms with Crippen LogP contribution in [0.25, 0.3) is 0 Å². The SMILES string of the molecule is C=CC(=O)NCCCNC(=O)CCCCCCC(=O)O. The minimum atomic E-state index is -0.772. The number of unbranched alkanes of at least 4 members (excludes halogenated alkanes) is 3. The quantitative estimate of drug-likeness (QED) is 0.371. The third-order valence-electron chi connectivity index (χ3n) is 2.70. The summed E-state index contributed by atoms with van der Waals surface area (Å²) in [5, 5.41) is 13.9. The summed E-state index contributed by atoms with van der Waals surface area (Å²) in [5.74, 6) is -0.984. The molecule has 0 aromatic rings. The highest BCUT2D eigenvalue weighted by molar-refractivity contribution is 5.86. The van der Waals surface area contributed by atoms with Gasteiger partial charge in [0.05, 0.1) is 0 Å². The van der Waals surface area contributed by atoms with Crippen LogP contribution in [0.4, 0.5) is 0 Å². The Bertz CT molecular complexity index is 329. The first kappa shape index (κ1) is 18.1. The highest BCUT2D eigenvalue weighted by Gasteiger charge is 2.01. The monoisotopic (exact) mass is 284 g/mol. The molecule has 0 fully saturated rings. The third kappa shape index (κ3) is 12.6. The lowest BCUT2D eigenvalue weighted by Gasteiger charge is -2.05. The van der Waals surface area contributed by atoms with Crippen LogP contribution >= 0.6 is 0 Å². The summed E-state index contributed by atoms with van der Waals surface area (Å²) in [6.07, 6.45) is 5.71. The summed E-state index contributed by atoms with van der Waals surface area (Å²) in [7, 11) is 0. The zero-order valence-corrected chi connectivity index (χ0v) is 11.8. The molecule has 0 heterocycles. The molecular formula is C14H24N2O4. The predicted octanol–water partition coefficient (Wildman–Crippen LogP) is 1.22. The number of rotatable bonds is 12. The minimum Gasteiger partial charge on any atom is -0.481 e. The number of hydrogen-bond acceptors (Lipinski definition) is 3. The molecular weight excluding hydrogens is 260 g/mol. The van der Waals surface area contributed by atoms with E-state index in [1.165, 1.54) is 6.08 Å². The van der Waals surface area contributed by atoms with Crippen molar-refractivity contribution in [1.82, 2.24) is 10.6 Å². The lowest BCUT2D eigenvalue weighted by Crippen LogP contribution is -2.28. The average molecular weight is 284 g/mol. The normalized spacial score (nSPS) is 9.80. The molecule has 0 unspecified atom stereocenters. The molecule has 20 heavy (non-hydrogen) atoms. The highest BCUT2D eigenvalue weighted by Crippen LogP contribution is 2.05. The largest absolute Gasteiger partial charge is 0.481 e. The van der Waals surface area contributed by atoms with E-state index in [4.69, 9.17) is 5.11 Å². The van der Waals surface area contributed by atoms with Gasteiger partial charge in [0, 0.05) is 25.9 Å². The number of carbonyl (C=O) groups excluding carboxylic acids is 2. The van der Waals surface area contributed by atoms with Gasteiger partial charge in [-0.1, -0.05) is 19.4 Å². The minimum absolute atomic E-state index is 0.00159. The fourth-order valence-corrected chi connectivity index (χ4v) is 1.60. The number of aliphatic carboxylic acids is 1. The molecule has 0 atom stereocenters. The van der Waals surface area contributed by atoms with Gasteiger partial charge in [0.2, 0.25) is 11.8 Å². The van der Waals surface area contributed by atoms with Crippen LogP contribution in [0, 0.1) is 0 Å². The van der Waals surface area contributed by atoms with Crippen molar-refractivity contribution in [3.63, 3.8) is 0 Å². The topological polar surface area (TPSA) is 95.5 Å². The van der Waals surface area contributed by atoms with Crippen LogP contribution in [0.2, 0.25) is 0 Å². The molecule has 0 aliphatic rings. The van der Waals surface area contributed by atoms with Gasteiger partial charge in [-0.2, -0.15) is 0 Å². The lowest BCUT2D eigenvalue weighted by molar-refractivity contribution is -0.137. The van der Waals surface area contributed by atoms with E-state index in [1.54, 1.807) is 0 Å². The Morgan fingerprint density at radius 2 is 1.50 bits per heavy atom. The summed E-state index contributed by atoms with van der Waals surface area (Å²) in [5.41, 5.74) is 0. The van der Waals surface area contributed by atoms with E-state index in [1.807, 2.05) is 0 Å². The molecule has 3 N–H and O–H groups in total. The Balaban J connectivity index is 3.31. The van der Waals surface area contributed by atoms with Gasteiger partial charge >= 0.3 is 5.97 Å². The second-order valence-electron chi connectivity index (χ2n) is 4.51. The standard InChI is InChI=1S/C14H24N2O4/c1-2-12(17)15-10-7-11-16-13(18)8-5-3-4-6-9-14(19)20/h2H,1,3-11H2,(H,15,17)(H,16,18)(H,19,20). The van der Waals surface area contributed by atoms with Gasteiger partial charge in [0.15, 0.2) is 0 Å². The smallest absolute Gasteiger partial charge is 0.303 e. The number of hydrogen-bond donors (Lipinski definition) is 3. The molecule has 0 saturated carbocycles. The Morgan fingerprint density at radius 1 is 0.900 bits per heavy atom. The van der Waals surface area contributed by atoms with Crippen LogP contribution in [0.5, 0.6) is 0 Å². The summed E-state index contributed by atoms with van der Waals surface area (Å²) < 4.78 is 0.